The van der Waals surface area contributed by atoms with Gasteiger partial charge in [0.05, 0.1) is 49.8 Å². The molecule has 1 heterocycles. The van der Waals surface area contributed by atoms with Crippen LogP contribution in [-0.4, -0.2) is 42.9 Å². The molecule has 0 saturated heterocycles. The van der Waals surface area contributed by atoms with Gasteiger partial charge in [0.1, 0.15) is 0 Å². The Balaban J connectivity index is 2.41. The van der Waals surface area contributed by atoms with Crippen molar-refractivity contribution in [2.24, 2.45) is 0 Å². The minimum absolute atomic E-state index is 0.00946. The Morgan fingerprint density at radius 2 is 1.92 bits per heavy atom. The monoisotopic (exact) mass is 329 g/mol. The van der Waals surface area contributed by atoms with Gasteiger partial charge in [0.2, 0.25) is 0 Å². The third-order valence-corrected chi connectivity index (χ3v) is 4.20. The maximum absolute atomic E-state index is 12.7. The molecule has 2 N–H and O–H groups in total. The number of hydrogen-bond acceptors (Lipinski definition) is 2. The van der Waals surface area contributed by atoms with E-state index in [9.17, 15) is 4.79 Å². The topological polar surface area (TPSA) is 51.4 Å². The number of quaternary nitrogens is 1. The second-order valence-corrected chi connectivity index (χ2v) is 6.39. The summed E-state index contributed by atoms with van der Waals surface area (Å²) < 4.78 is 1.94. The van der Waals surface area contributed by atoms with E-state index in [1.54, 1.807) is 0 Å². The number of aromatic nitrogens is 2. The van der Waals surface area contributed by atoms with Crippen LogP contribution in [0.1, 0.15) is 41.2 Å². The average molecular weight is 329 g/mol. The maximum Gasteiger partial charge on any atom is 0.255 e. The summed E-state index contributed by atoms with van der Waals surface area (Å²) in [6.45, 7) is 7.77. The summed E-state index contributed by atoms with van der Waals surface area (Å²) in [4.78, 5) is 14.1. The Labute approximate surface area is 144 Å². The first-order chi connectivity index (χ1) is 11.5. The minimum Gasteiger partial charge on any atom is -0.346 e. The molecule has 0 saturated carbocycles. The molecule has 2 rings (SSSR count). The van der Waals surface area contributed by atoms with Crippen molar-refractivity contribution < 1.29 is 9.69 Å². The first-order valence-electron chi connectivity index (χ1n) is 8.73. The average Bonchev–Trinajstić information content (AvgIpc) is 2.93. The van der Waals surface area contributed by atoms with Crippen LogP contribution in [-0.2, 0) is 12.8 Å². The van der Waals surface area contributed by atoms with Crippen molar-refractivity contribution in [3.05, 3.63) is 46.8 Å². The fraction of sp³-hybridized carbons (Fsp3) is 0.474. The van der Waals surface area contributed by atoms with Crippen molar-refractivity contribution in [2.75, 3.05) is 27.2 Å². The second kappa shape index (κ2) is 8.11. The fourth-order valence-corrected chi connectivity index (χ4v) is 2.85. The van der Waals surface area contributed by atoms with Gasteiger partial charge in [-0.05, 0) is 31.4 Å². The summed E-state index contributed by atoms with van der Waals surface area (Å²) in [7, 11) is 4.16. The summed E-state index contributed by atoms with van der Waals surface area (Å²) in [6.07, 6.45) is 1.51. The largest absolute Gasteiger partial charge is 0.346 e. The van der Waals surface area contributed by atoms with Crippen LogP contribution in [0.4, 0.5) is 0 Å². The number of benzene rings is 1. The van der Waals surface area contributed by atoms with E-state index in [4.69, 9.17) is 5.10 Å². The molecule has 1 aromatic carbocycles. The van der Waals surface area contributed by atoms with Gasteiger partial charge in [0.25, 0.3) is 5.91 Å². The van der Waals surface area contributed by atoms with E-state index in [0.29, 0.717) is 6.54 Å². The molecule has 5 nitrogen and oxygen atoms in total. The number of amides is 1. The van der Waals surface area contributed by atoms with Crippen molar-refractivity contribution >= 4 is 5.91 Å². The highest BCUT2D eigenvalue weighted by Gasteiger charge is 2.22. The zero-order valence-corrected chi connectivity index (χ0v) is 15.4. The predicted molar refractivity (Wildman–Crippen MR) is 97.1 cm³/mol. The van der Waals surface area contributed by atoms with Gasteiger partial charge < -0.3 is 10.2 Å². The lowest BCUT2D eigenvalue weighted by molar-refractivity contribution is -0.856. The van der Waals surface area contributed by atoms with E-state index in [0.717, 1.165) is 47.6 Å². The Kier molecular flexibility index (Phi) is 6.15. The summed E-state index contributed by atoms with van der Waals surface area (Å²) in [5, 5.41) is 7.79. The van der Waals surface area contributed by atoms with Crippen molar-refractivity contribution in [1.29, 1.82) is 0 Å². The normalized spacial score (nSPS) is 11.1. The number of aryl methyl sites for hydroxylation is 2. The van der Waals surface area contributed by atoms with E-state index in [2.05, 4.69) is 45.4 Å². The van der Waals surface area contributed by atoms with Gasteiger partial charge in [-0.2, -0.15) is 5.10 Å². The molecule has 5 heteroatoms. The number of carbonyl (C=O) groups is 1. The molecule has 0 aliphatic heterocycles. The standard InChI is InChI=1S/C19H28N4O/c1-6-15-18(19(24)20-12-13-22(4)5)16(7-2)23(21-15)17-11-9-8-10-14(17)3/h8-11H,6-7,12-13H2,1-5H3,(H,20,24)/p+1. The number of rotatable bonds is 7. The van der Waals surface area contributed by atoms with Gasteiger partial charge in [-0.15, -0.1) is 0 Å². The molecule has 0 aliphatic rings. The third kappa shape index (κ3) is 3.85. The quantitative estimate of drug-likeness (QED) is 0.801. The number of hydrogen-bond donors (Lipinski definition) is 2. The highest BCUT2D eigenvalue weighted by atomic mass is 16.1. The van der Waals surface area contributed by atoms with Crippen molar-refractivity contribution in [2.45, 2.75) is 33.6 Å². The van der Waals surface area contributed by atoms with E-state index >= 15 is 0 Å². The smallest absolute Gasteiger partial charge is 0.255 e. The van der Waals surface area contributed by atoms with Gasteiger partial charge >= 0.3 is 0 Å². The van der Waals surface area contributed by atoms with Gasteiger partial charge in [-0.3, -0.25) is 4.79 Å². The number of nitrogens with one attached hydrogen (secondary N) is 2. The van der Waals surface area contributed by atoms with Crippen LogP contribution in [0.2, 0.25) is 0 Å². The van der Waals surface area contributed by atoms with E-state index < -0.39 is 0 Å². The molecule has 0 bridgehead atoms. The third-order valence-electron chi connectivity index (χ3n) is 4.20. The number of nitrogens with zero attached hydrogens (tertiary/aromatic N) is 2. The van der Waals surface area contributed by atoms with Crippen LogP contribution in [0.5, 0.6) is 0 Å². The molecule has 2 aromatic rings. The van der Waals surface area contributed by atoms with Crippen molar-refractivity contribution in [1.82, 2.24) is 15.1 Å². The molecular weight excluding hydrogens is 300 g/mol. The van der Waals surface area contributed by atoms with Crippen LogP contribution < -0.4 is 10.2 Å². The molecule has 0 unspecified atom stereocenters. The maximum atomic E-state index is 12.7. The second-order valence-electron chi connectivity index (χ2n) is 6.39. The molecule has 0 atom stereocenters. The van der Waals surface area contributed by atoms with Crippen LogP contribution in [0.15, 0.2) is 24.3 Å². The molecule has 24 heavy (non-hydrogen) atoms. The zero-order chi connectivity index (χ0) is 17.7. The molecule has 0 fully saturated rings. The molecular formula is C19H29N4O+. The molecule has 0 radical (unpaired) electrons. The molecule has 1 amide bonds. The van der Waals surface area contributed by atoms with E-state index in [-0.39, 0.29) is 5.91 Å². The lowest BCUT2D eigenvalue weighted by Crippen LogP contribution is -3.06. The Morgan fingerprint density at radius 1 is 1.21 bits per heavy atom. The molecule has 0 aliphatic carbocycles. The lowest BCUT2D eigenvalue weighted by atomic mass is 10.1. The number of para-hydroxylation sites is 1. The van der Waals surface area contributed by atoms with Gasteiger partial charge in [-0.1, -0.05) is 32.0 Å². The number of carbonyl (C=O) groups excluding carboxylic acids is 1. The van der Waals surface area contributed by atoms with Crippen LogP contribution in [0.3, 0.4) is 0 Å². The molecule has 0 spiro atoms. The van der Waals surface area contributed by atoms with Crippen LogP contribution in [0, 0.1) is 6.92 Å². The van der Waals surface area contributed by atoms with E-state index in [1.165, 1.54) is 4.90 Å². The van der Waals surface area contributed by atoms with Gasteiger partial charge in [0, 0.05) is 0 Å². The minimum atomic E-state index is -0.00946. The van der Waals surface area contributed by atoms with Crippen molar-refractivity contribution in [3.8, 4) is 5.69 Å². The fourth-order valence-electron chi connectivity index (χ4n) is 2.85. The first kappa shape index (κ1) is 18.2. The van der Waals surface area contributed by atoms with Crippen molar-refractivity contribution in [3.63, 3.8) is 0 Å². The summed E-state index contributed by atoms with van der Waals surface area (Å²) in [5.41, 5.74) is 4.79. The Morgan fingerprint density at radius 3 is 2.50 bits per heavy atom. The highest BCUT2D eigenvalue weighted by Crippen LogP contribution is 2.22. The molecule has 130 valence electrons. The zero-order valence-electron chi connectivity index (χ0n) is 15.4. The number of likely N-dealkylation sites (N-methyl/N-ethyl adjacent to an activating group) is 1. The highest BCUT2D eigenvalue weighted by molar-refractivity contribution is 5.96. The van der Waals surface area contributed by atoms with Gasteiger partial charge in [-0.25, -0.2) is 4.68 Å². The predicted octanol–water partition coefficient (Wildman–Crippen LogP) is 1.18. The Bertz CT molecular complexity index is 703. The lowest BCUT2D eigenvalue weighted by Gasteiger charge is -2.11. The first-order valence-corrected chi connectivity index (χ1v) is 8.73. The molecule has 1 aromatic heterocycles. The van der Waals surface area contributed by atoms with Gasteiger partial charge in [0.15, 0.2) is 0 Å². The summed E-state index contributed by atoms with van der Waals surface area (Å²) >= 11 is 0. The Hall–Kier alpha value is -2.14. The van der Waals surface area contributed by atoms with E-state index in [1.807, 2.05) is 23.7 Å². The SMILES string of the molecule is CCc1nn(-c2ccccc2C)c(CC)c1C(=O)NCC[NH+](C)C. The summed E-state index contributed by atoms with van der Waals surface area (Å²) in [5.74, 6) is -0.00946. The summed E-state index contributed by atoms with van der Waals surface area (Å²) in [6, 6.07) is 8.15. The van der Waals surface area contributed by atoms with Crippen LogP contribution >= 0.6 is 0 Å². The van der Waals surface area contributed by atoms with Crippen LogP contribution in [0.25, 0.3) is 5.69 Å².